The standard InChI is InChI=1S/C10H15N3OS/c11-8-3-1-2-7(8)10(14)13-6-9-12-4-5-15-9/h4-5,7-8H,1-3,6,11H2,(H,13,14). The normalized spacial score (nSPS) is 25.4. The van der Waals surface area contributed by atoms with Gasteiger partial charge in [0.2, 0.25) is 5.91 Å². The second-order valence-electron chi connectivity index (χ2n) is 3.84. The maximum Gasteiger partial charge on any atom is 0.225 e. The van der Waals surface area contributed by atoms with Gasteiger partial charge in [-0.2, -0.15) is 0 Å². The number of nitrogens with one attached hydrogen (secondary N) is 1. The summed E-state index contributed by atoms with van der Waals surface area (Å²) in [6.07, 6.45) is 4.70. The van der Waals surface area contributed by atoms with Crippen LogP contribution < -0.4 is 11.1 Å². The van der Waals surface area contributed by atoms with E-state index in [0.29, 0.717) is 6.54 Å². The van der Waals surface area contributed by atoms with Crippen LogP contribution in [-0.4, -0.2) is 16.9 Å². The maximum absolute atomic E-state index is 11.7. The van der Waals surface area contributed by atoms with E-state index < -0.39 is 0 Å². The monoisotopic (exact) mass is 225 g/mol. The number of rotatable bonds is 3. The number of carbonyl (C=O) groups is 1. The summed E-state index contributed by atoms with van der Waals surface area (Å²) in [7, 11) is 0. The Bertz CT molecular complexity index is 325. The number of thiazole rings is 1. The van der Waals surface area contributed by atoms with Crippen molar-refractivity contribution in [2.24, 2.45) is 11.7 Å². The summed E-state index contributed by atoms with van der Waals surface area (Å²) in [6, 6.07) is 0.0429. The van der Waals surface area contributed by atoms with E-state index in [0.717, 1.165) is 24.3 Å². The Labute approximate surface area is 92.9 Å². The first-order chi connectivity index (χ1) is 7.27. The second-order valence-corrected chi connectivity index (χ2v) is 4.82. The number of nitrogens with two attached hydrogens (primary N) is 1. The highest BCUT2D eigenvalue weighted by Crippen LogP contribution is 2.24. The van der Waals surface area contributed by atoms with E-state index >= 15 is 0 Å². The smallest absolute Gasteiger partial charge is 0.225 e. The van der Waals surface area contributed by atoms with Crippen molar-refractivity contribution in [2.75, 3.05) is 0 Å². The Morgan fingerprint density at radius 2 is 2.53 bits per heavy atom. The number of hydrogen-bond donors (Lipinski definition) is 2. The van der Waals surface area contributed by atoms with Gasteiger partial charge in [0.25, 0.3) is 0 Å². The molecule has 2 unspecified atom stereocenters. The lowest BCUT2D eigenvalue weighted by molar-refractivity contribution is -0.125. The van der Waals surface area contributed by atoms with Crippen molar-refractivity contribution in [1.29, 1.82) is 0 Å². The van der Waals surface area contributed by atoms with E-state index in [1.807, 2.05) is 5.38 Å². The van der Waals surface area contributed by atoms with E-state index in [1.165, 1.54) is 0 Å². The first kappa shape index (κ1) is 10.6. The SMILES string of the molecule is NC1CCCC1C(=O)NCc1nccs1. The van der Waals surface area contributed by atoms with Crippen molar-refractivity contribution in [3.63, 3.8) is 0 Å². The molecule has 1 aliphatic rings. The molecule has 1 fully saturated rings. The summed E-state index contributed by atoms with van der Waals surface area (Å²) < 4.78 is 0. The van der Waals surface area contributed by atoms with E-state index in [-0.39, 0.29) is 17.9 Å². The number of carbonyl (C=O) groups excluding carboxylic acids is 1. The van der Waals surface area contributed by atoms with Crippen LogP contribution in [0.2, 0.25) is 0 Å². The maximum atomic E-state index is 11.7. The fourth-order valence-electron chi connectivity index (χ4n) is 1.95. The van der Waals surface area contributed by atoms with Gasteiger partial charge in [-0.1, -0.05) is 6.42 Å². The molecule has 15 heavy (non-hydrogen) atoms. The van der Waals surface area contributed by atoms with Gasteiger partial charge in [0.15, 0.2) is 0 Å². The molecule has 0 aliphatic heterocycles. The quantitative estimate of drug-likeness (QED) is 0.802. The molecule has 1 aliphatic carbocycles. The van der Waals surface area contributed by atoms with Crippen molar-refractivity contribution in [1.82, 2.24) is 10.3 Å². The van der Waals surface area contributed by atoms with E-state index in [9.17, 15) is 4.79 Å². The molecule has 4 nitrogen and oxygen atoms in total. The van der Waals surface area contributed by atoms with Crippen LogP contribution in [0.3, 0.4) is 0 Å². The zero-order valence-corrected chi connectivity index (χ0v) is 9.30. The van der Waals surface area contributed by atoms with Crippen LogP contribution in [0, 0.1) is 5.92 Å². The van der Waals surface area contributed by atoms with Crippen LogP contribution in [0.1, 0.15) is 24.3 Å². The van der Waals surface area contributed by atoms with Crippen LogP contribution in [0.4, 0.5) is 0 Å². The second kappa shape index (κ2) is 4.72. The molecule has 1 aromatic heterocycles. The molecule has 1 amide bonds. The van der Waals surface area contributed by atoms with Gasteiger partial charge in [-0.25, -0.2) is 4.98 Å². The van der Waals surface area contributed by atoms with Gasteiger partial charge in [0, 0.05) is 17.6 Å². The molecule has 1 aromatic rings. The van der Waals surface area contributed by atoms with Gasteiger partial charge in [0.05, 0.1) is 12.5 Å². The molecule has 1 saturated carbocycles. The topological polar surface area (TPSA) is 68.0 Å². The molecule has 1 heterocycles. The molecule has 0 aromatic carbocycles. The lowest BCUT2D eigenvalue weighted by atomic mass is 10.0. The summed E-state index contributed by atoms with van der Waals surface area (Å²) in [6.45, 7) is 0.528. The molecular formula is C10H15N3OS. The third-order valence-corrected chi connectivity index (χ3v) is 3.58. The summed E-state index contributed by atoms with van der Waals surface area (Å²) in [5.41, 5.74) is 5.85. The molecule has 82 valence electrons. The molecule has 0 bridgehead atoms. The van der Waals surface area contributed by atoms with Crippen LogP contribution in [0.15, 0.2) is 11.6 Å². The Morgan fingerprint density at radius 3 is 3.13 bits per heavy atom. The molecule has 2 atom stereocenters. The predicted octanol–water partition coefficient (Wildman–Crippen LogP) is 0.887. The average Bonchev–Trinajstić information content (AvgIpc) is 2.84. The third-order valence-electron chi connectivity index (χ3n) is 2.80. The Kier molecular flexibility index (Phi) is 3.33. The fourth-order valence-corrected chi connectivity index (χ4v) is 2.50. The molecule has 0 saturated heterocycles. The van der Waals surface area contributed by atoms with Gasteiger partial charge in [0.1, 0.15) is 5.01 Å². The summed E-state index contributed by atoms with van der Waals surface area (Å²) in [5, 5.41) is 5.73. The summed E-state index contributed by atoms with van der Waals surface area (Å²) in [5.74, 6) is 0.0835. The molecule has 0 spiro atoms. The van der Waals surface area contributed by atoms with Gasteiger partial charge in [-0.05, 0) is 12.8 Å². The number of nitrogens with zero attached hydrogens (tertiary/aromatic N) is 1. The predicted molar refractivity (Wildman–Crippen MR) is 59.3 cm³/mol. The first-order valence-corrected chi connectivity index (χ1v) is 6.07. The molecule has 0 radical (unpaired) electrons. The largest absolute Gasteiger partial charge is 0.349 e. The number of hydrogen-bond acceptors (Lipinski definition) is 4. The molecule has 2 rings (SSSR count). The van der Waals surface area contributed by atoms with E-state index in [4.69, 9.17) is 5.73 Å². The highest BCUT2D eigenvalue weighted by molar-refractivity contribution is 7.09. The number of amides is 1. The minimum Gasteiger partial charge on any atom is -0.349 e. The van der Waals surface area contributed by atoms with E-state index in [2.05, 4.69) is 10.3 Å². The first-order valence-electron chi connectivity index (χ1n) is 5.19. The minimum atomic E-state index is 0.00459. The minimum absolute atomic E-state index is 0.00459. The van der Waals surface area contributed by atoms with Crippen molar-refractivity contribution < 1.29 is 4.79 Å². The lowest BCUT2D eigenvalue weighted by Gasteiger charge is -2.14. The van der Waals surface area contributed by atoms with Gasteiger partial charge < -0.3 is 11.1 Å². The molecular weight excluding hydrogens is 210 g/mol. The highest BCUT2D eigenvalue weighted by atomic mass is 32.1. The zero-order chi connectivity index (χ0) is 10.7. The summed E-state index contributed by atoms with van der Waals surface area (Å²) >= 11 is 1.55. The Hall–Kier alpha value is -0.940. The van der Waals surface area contributed by atoms with Gasteiger partial charge in [-0.15, -0.1) is 11.3 Å². The van der Waals surface area contributed by atoms with Crippen molar-refractivity contribution >= 4 is 17.2 Å². The average molecular weight is 225 g/mol. The zero-order valence-electron chi connectivity index (χ0n) is 8.48. The van der Waals surface area contributed by atoms with Crippen LogP contribution in [0.25, 0.3) is 0 Å². The summed E-state index contributed by atoms with van der Waals surface area (Å²) in [4.78, 5) is 15.8. The van der Waals surface area contributed by atoms with Gasteiger partial charge in [-0.3, -0.25) is 4.79 Å². The highest BCUT2D eigenvalue weighted by Gasteiger charge is 2.29. The van der Waals surface area contributed by atoms with Crippen LogP contribution >= 0.6 is 11.3 Å². The number of aromatic nitrogens is 1. The van der Waals surface area contributed by atoms with Gasteiger partial charge >= 0.3 is 0 Å². The Balaban J connectivity index is 1.82. The lowest BCUT2D eigenvalue weighted by Crippen LogP contribution is -2.38. The Morgan fingerprint density at radius 1 is 1.67 bits per heavy atom. The molecule has 5 heteroatoms. The van der Waals surface area contributed by atoms with Crippen molar-refractivity contribution in [3.05, 3.63) is 16.6 Å². The fraction of sp³-hybridized carbons (Fsp3) is 0.600. The molecule has 3 N–H and O–H groups in total. The van der Waals surface area contributed by atoms with Crippen molar-refractivity contribution in [3.8, 4) is 0 Å². The van der Waals surface area contributed by atoms with Crippen LogP contribution in [-0.2, 0) is 11.3 Å². The third kappa shape index (κ3) is 2.54. The van der Waals surface area contributed by atoms with Crippen molar-refractivity contribution in [2.45, 2.75) is 31.8 Å². The van der Waals surface area contributed by atoms with E-state index in [1.54, 1.807) is 17.5 Å². The van der Waals surface area contributed by atoms with Crippen LogP contribution in [0.5, 0.6) is 0 Å².